The Morgan fingerprint density at radius 3 is 2.71 bits per heavy atom. The summed E-state index contributed by atoms with van der Waals surface area (Å²) in [6.45, 7) is 12.0. The number of ether oxygens (including phenoxy) is 1. The molecule has 4 rings (SSSR count). The number of phenols is 1. The van der Waals surface area contributed by atoms with E-state index in [1.54, 1.807) is 6.92 Å². The second-order valence-corrected chi connectivity index (χ2v) is 14.0. The first-order chi connectivity index (χ1) is 19.4. The van der Waals surface area contributed by atoms with E-state index in [-0.39, 0.29) is 39.3 Å². The molecule has 0 unspecified atom stereocenters. The number of allylic oxidation sites excluding steroid dienone is 3. The van der Waals surface area contributed by atoms with Crippen molar-refractivity contribution in [3.05, 3.63) is 57.7 Å². The summed E-state index contributed by atoms with van der Waals surface area (Å²) >= 11 is 8.08. The molecule has 1 saturated heterocycles. The average Bonchev–Trinajstić information content (AvgIpc) is 3.21. The molecule has 3 N–H and O–H groups in total. The molecule has 0 aromatic heterocycles. The highest BCUT2D eigenvalue weighted by Gasteiger charge is 2.57. The summed E-state index contributed by atoms with van der Waals surface area (Å²) < 4.78 is 6.47. The van der Waals surface area contributed by atoms with Crippen LogP contribution in [0.2, 0.25) is 0 Å². The summed E-state index contributed by atoms with van der Waals surface area (Å²) in [4.78, 5) is 26.3. The summed E-state index contributed by atoms with van der Waals surface area (Å²) in [6, 6.07) is 3.80. The van der Waals surface area contributed by atoms with E-state index in [0.717, 1.165) is 49.7 Å². The van der Waals surface area contributed by atoms with Gasteiger partial charge >= 0.3 is 5.97 Å². The van der Waals surface area contributed by atoms with Crippen LogP contribution < -0.4 is 4.74 Å². The number of carboxylic acid groups (broad SMARTS) is 1. The van der Waals surface area contributed by atoms with Gasteiger partial charge < -0.3 is 20.1 Å². The molecule has 7 nitrogen and oxygen atoms in total. The van der Waals surface area contributed by atoms with E-state index < -0.39 is 23.4 Å². The van der Waals surface area contributed by atoms with Crippen molar-refractivity contribution < 1.29 is 29.6 Å². The number of carboxylic acids is 1. The van der Waals surface area contributed by atoms with Crippen molar-refractivity contribution in [2.24, 2.45) is 11.8 Å². The molecule has 2 aliphatic heterocycles. The highest BCUT2D eigenvalue weighted by atomic mass is 32.2. The van der Waals surface area contributed by atoms with Crippen LogP contribution >= 0.6 is 35.7 Å². The SMILES string of the molecule is C=C(C)[C@@H]1CCC(C)=C[C@H]1c1c(O)cc(CCCCC)cc1OC(=S)SCC1=C(C(=O)O)N2C(=O)[C@H]([C@@H](C)O)[C@H]2S1. The number of fused-ring (bicyclic) bond motifs is 1. The number of phenolic OH excluding ortho intramolecular Hbond substituents is 1. The Kier molecular flexibility index (Phi) is 10.3. The maximum Gasteiger partial charge on any atom is 0.353 e. The third-order valence-corrected chi connectivity index (χ3v) is 10.8. The number of thiocarbonyl (C=S) groups is 1. The quantitative estimate of drug-likeness (QED) is 0.108. The van der Waals surface area contributed by atoms with Crippen LogP contribution in [0.1, 0.15) is 76.8 Å². The zero-order chi connectivity index (χ0) is 30.0. The number of β-lactam (4-membered cyclic amide) rings is 1. The van der Waals surface area contributed by atoms with Crippen LogP contribution in [0.4, 0.5) is 0 Å². The zero-order valence-electron chi connectivity index (χ0n) is 24.0. The Labute approximate surface area is 256 Å². The van der Waals surface area contributed by atoms with Gasteiger partial charge in [0.1, 0.15) is 22.6 Å². The number of aliphatic carboxylic acids is 1. The molecule has 1 fully saturated rings. The Morgan fingerprint density at radius 1 is 1.34 bits per heavy atom. The number of carbonyl (C=O) groups excluding carboxylic acids is 1. The van der Waals surface area contributed by atoms with E-state index in [1.165, 1.54) is 34.0 Å². The van der Waals surface area contributed by atoms with Gasteiger partial charge in [0.05, 0.1) is 12.0 Å². The average molecular weight is 618 g/mol. The maximum atomic E-state index is 12.5. The van der Waals surface area contributed by atoms with Crippen molar-refractivity contribution in [2.45, 2.75) is 83.6 Å². The van der Waals surface area contributed by atoms with Gasteiger partial charge in [-0.2, -0.15) is 0 Å². The third kappa shape index (κ3) is 6.71. The molecule has 1 aromatic rings. The summed E-state index contributed by atoms with van der Waals surface area (Å²) in [7, 11) is 0. The molecule has 0 spiro atoms. The van der Waals surface area contributed by atoms with Gasteiger partial charge in [-0.3, -0.25) is 9.69 Å². The fourth-order valence-corrected chi connectivity index (χ4v) is 8.56. The van der Waals surface area contributed by atoms with Gasteiger partial charge in [0.25, 0.3) is 0 Å². The fourth-order valence-electron chi connectivity index (χ4n) is 5.92. The van der Waals surface area contributed by atoms with Gasteiger partial charge in [-0.15, -0.1) is 11.8 Å². The van der Waals surface area contributed by atoms with Crippen LogP contribution in [-0.4, -0.2) is 53.7 Å². The predicted octanol–water partition coefficient (Wildman–Crippen LogP) is 6.75. The molecule has 3 aliphatic rings. The number of aryl methyl sites for hydroxylation is 1. The van der Waals surface area contributed by atoms with Gasteiger partial charge in [0.2, 0.25) is 10.3 Å². The van der Waals surface area contributed by atoms with Gasteiger partial charge in [0.15, 0.2) is 0 Å². The molecule has 1 aromatic carbocycles. The molecule has 0 bridgehead atoms. The molecule has 1 amide bonds. The second kappa shape index (κ2) is 13.4. The van der Waals surface area contributed by atoms with Crippen LogP contribution in [0, 0.1) is 11.8 Å². The second-order valence-electron chi connectivity index (χ2n) is 11.2. The van der Waals surface area contributed by atoms with Crippen molar-refractivity contribution in [1.82, 2.24) is 4.90 Å². The van der Waals surface area contributed by atoms with E-state index in [2.05, 4.69) is 26.5 Å². The molecule has 1 aliphatic carbocycles. The van der Waals surface area contributed by atoms with Gasteiger partial charge in [-0.25, -0.2) is 4.79 Å². The molecule has 10 heteroatoms. The lowest BCUT2D eigenvalue weighted by atomic mass is 9.73. The number of hydrogen-bond acceptors (Lipinski definition) is 8. The number of benzene rings is 1. The molecular formula is C31H39NO6S3. The Bertz CT molecular complexity index is 1300. The van der Waals surface area contributed by atoms with Crippen LogP contribution in [0.15, 0.2) is 46.5 Å². The first-order valence-electron chi connectivity index (χ1n) is 14.1. The van der Waals surface area contributed by atoms with Gasteiger partial charge in [0, 0.05) is 22.1 Å². The van der Waals surface area contributed by atoms with E-state index in [4.69, 9.17) is 17.0 Å². The lowest BCUT2D eigenvalue weighted by molar-refractivity contribution is -0.156. The standard InChI is InChI=1S/C31H39NO6S3/c1-6-7-8-9-19-13-22(34)26(21-12-17(4)10-11-20(21)16(2)3)23(14-19)38-31(39)40-15-24-27(30(36)37)32-28(35)25(18(5)33)29(32)41-24/h12-14,18,20-21,25,29,33-34H,2,6-11,15H2,1,3-5H3,(H,36,37)/t18-,20+,21-,25+,29-/m1/s1. The molecule has 0 saturated carbocycles. The molecule has 2 heterocycles. The third-order valence-electron chi connectivity index (χ3n) is 8.05. The van der Waals surface area contributed by atoms with E-state index in [9.17, 15) is 24.9 Å². The molecular weight excluding hydrogens is 579 g/mol. The molecule has 222 valence electrons. The zero-order valence-corrected chi connectivity index (χ0v) is 26.5. The summed E-state index contributed by atoms with van der Waals surface area (Å²) in [5.74, 6) is -1.24. The summed E-state index contributed by atoms with van der Waals surface area (Å²) in [6.07, 6.45) is 7.23. The van der Waals surface area contributed by atoms with Crippen molar-refractivity contribution in [3.8, 4) is 11.5 Å². The number of rotatable bonds is 11. The number of aliphatic hydroxyl groups excluding tert-OH is 1. The van der Waals surface area contributed by atoms with Crippen molar-refractivity contribution in [3.63, 3.8) is 0 Å². The van der Waals surface area contributed by atoms with Crippen molar-refractivity contribution in [1.29, 1.82) is 0 Å². The predicted molar refractivity (Wildman–Crippen MR) is 169 cm³/mol. The van der Waals surface area contributed by atoms with Crippen LogP contribution in [0.25, 0.3) is 0 Å². The van der Waals surface area contributed by atoms with Crippen LogP contribution in [0.5, 0.6) is 11.5 Å². The fraction of sp³-hybridized carbons (Fsp3) is 0.516. The number of hydrogen-bond donors (Lipinski definition) is 3. The first-order valence-corrected chi connectivity index (χ1v) is 16.4. The lowest BCUT2D eigenvalue weighted by Gasteiger charge is -2.43. The Morgan fingerprint density at radius 2 is 2.07 bits per heavy atom. The molecule has 0 radical (unpaired) electrons. The maximum absolute atomic E-state index is 12.5. The highest BCUT2D eigenvalue weighted by Crippen LogP contribution is 2.51. The highest BCUT2D eigenvalue weighted by molar-refractivity contribution is 8.23. The number of aliphatic hydroxyl groups is 1. The smallest absolute Gasteiger partial charge is 0.353 e. The first kappa shape index (κ1) is 31.7. The van der Waals surface area contributed by atoms with Gasteiger partial charge in [-0.05, 0) is 82.3 Å². The number of amides is 1. The largest absolute Gasteiger partial charge is 0.507 e. The monoisotopic (exact) mass is 617 g/mol. The summed E-state index contributed by atoms with van der Waals surface area (Å²) in [5, 5.41) is 30.7. The van der Waals surface area contributed by atoms with Gasteiger partial charge in [-0.1, -0.05) is 55.3 Å². The van der Waals surface area contributed by atoms with E-state index >= 15 is 0 Å². The van der Waals surface area contributed by atoms with Crippen molar-refractivity contribution in [2.75, 3.05) is 5.75 Å². The normalized spacial score (nSPS) is 24.5. The summed E-state index contributed by atoms with van der Waals surface area (Å²) in [5.41, 5.74) is 3.91. The minimum Gasteiger partial charge on any atom is -0.507 e. The topological polar surface area (TPSA) is 107 Å². The number of nitrogens with zero attached hydrogens (tertiary/aromatic N) is 1. The number of carbonyl (C=O) groups is 2. The minimum absolute atomic E-state index is 0.0550. The van der Waals surface area contributed by atoms with Crippen LogP contribution in [0.3, 0.4) is 0 Å². The number of thioether (sulfide) groups is 2. The molecule has 5 atom stereocenters. The number of unbranched alkanes of at least 4 members (excludes halogenated alkanes) is 2. The van der Waals surface area contributed by atoms with Crippen molar-refractivity contribution >= 4 is 52.0 Å². The Hall–Kier alpha value is -2.27. The van der Waals surface area contributed by atoms with E-state index in [0.29, 0.717) is 16.2 Å². The molecule has 41 heavy (non-hydrogen) atoms. The minimum atomic E-state index is -1.18. The number of aromatic hydroxyl groups is 1. The Balaban J connectivity index is 1.58. The lowest BCUT2D eigenvalue weighted by Crippen LogP contribution is -2.60. The van der Waals surface area contributed by atoms with Crippen LogP contribution in [-0.2, 0) is 16.0 Å². The van der Waals surface area contributed by atoms with E-state index in [1.807, 2.05) is 19.1 Å².